The van der Waals surface area contributed by atoms with Gasteiger partial charge in [-0.2, -0.15) is 0 Å². The molecule has 4 rings (SSSR count). The minimum Gasteiger partial charge on any atom is -0.366 e. The summed E-state index contributed by atoms with van der Waals surface area (Å²) in [5.74, 6) is -0.429. The van der Waals surface area contributed by atoms with Gasteiger partial charge in [0.25, 0.3) is 5.91 Å². The summed E-state index contributed by atoms with van der Waals surface area (Å²) in [5, 5.41) is 2.76. The second kappa shape index (κ2) is 7.74. The Balaban J connectivity index is 1.71. The standard InChI is InChI=1S/C21H19N5OS/c1-14-16(20(22)27)11-19(26(14)10-7-15-5-3-2-4-6-15)18-13-28-21(25-18)17-12-23-8-9-24-17/h2-6,8-9,11-13H,7,10H2,1H3,(H2,22,27). The summed E-state index contributed by atoms with van der Waals surface area (Å²) in [6.07, 6.45) is 5.82. The molecule has 0 bridgehead atoms. The molecule has 0 saturated heterocycles. The van der Waals surface area contributed by atoms with Gasteiger partial charge in [0, 0.05) is 30.0 Å². The lowest BCUT2D eigenvalue weighted by molar-refractivity contribution is 0.0999. The highest BCUT2D eigenvalue weighted by molar-refractivity contribution is 7.13. The Morgan fingerprint density at radius 1 is 1.18 bits per heavy atom. The molecule has 1 aromatic carbocycles. The SMILES string of the molecule is Cc1c(C(N)=O)cc(-c2csc(-c3cnccn3)n2)n1CCc1ccccc1. The normalized spacial score (nSPS) is 10.9. The smallest absolute Gasteiger partial charge is 0.250 e. The zero-order chi connectivity index (χ0) is 19.5. The van der Waals surface area contributed by atoms with Gasteiger partial charge in [-0.3, -0.25) is 14.8 Å². The highest BCUT2D eigenvalue weighted by atomic mass is 32.1. The van der Waals surface area contributed by atoms with Crippen molar-refractivity contribution in [2.45, 2.75) is 19.9 Å². The molecule has 0 aliphatic carbocycles. The number of carbonyl (C=O) groups is 1. The van der Waals surface area contributed by atoms with Crippen molar-refractivity contribution >= 4 is 17.2 Å². The van der Waals surface area contributed by atoms with Crippen LogP contribution in [0.4, 0.5) is 0 Å². The van der Waals surface area contributed by atoms with E-state index in [0.29, 0.717) is 5.56 Å². The molecule has 6 nitrogen and oxygen atoms in total. The molecule has 28 heavy (non-hydrogen) atoms. The zero-order valence-corrected chi connectivity index (χ0v) is 16.2. The summed E-state index contributed by atoms with van der Waals surface area (Å²) in [6, 6.07) is 12.1. The maximum Gasteiger partial charge on any atom is 0.250 e. The molecule has 3 aromatic heterocycles. The van der Waals surface area contributed by atoms with Crippen LogP contribution in [0.25, 0.3) is 22.1 Å². The van der Waals surface area contributed by atoms with Crippen LogP contribution in [0, 0.1) is 6.92 Å². The van der Waals surface area contributed by atoms with E-state index in [2.05, 4.69) is 26.7 Å². The number of aromatic nitrogens is 4. The van der Waals surface area contributed by atoms with Gasteiger partial charge in [0.15, 0.2) is 0 Å². The molecular formula is C21H19N5OS. The fourth-order valence-corrected chi connectivity index (χ4v) is 3.97. The Labute approximate surface area is 166 Å². The van der Waals surface area contributed by atoms with E-state index < -0.39 is 5.91 Å². The van der Waals surface area contributed by atoms with Gasteiger partial charge in [0.05, 0.1) is 23.1 Å². The predicted molar refractivity (Wildman–Crippen MR) is 110 cm³/mol. The Morgan fingerprint density at radius 3 is 2.71 bits per heavy atom. The number of hydrogen-bond donors (Lipinski definition) is 1. The number of rotatable bonds is 6. The number of nitrogens with zero attached hydrogens (tertiary/aromatic N) is 4. The number of nitrogens with two attached hydrogens (primary N) is 1. The molecule has 0 saturated carbocycles. The van der Waals surface area contributed by atoms with Gasteiger partial charge in [-0.15, -0.1) is 11.3 Å². The number of thiazole rings is 1. The minimum absolute atomic E-state index is 0.429. The van der Waals surface area contributed by atoms with Crippen LogP contribution >= 0.6 is 11.3 Å². The van der Waals surface area contributed by atoms with Gasteiger partial charge in [0.1, 0.15) is 10.7 Å². The second-order valence-electron chi connectivity index (χ2n) is 6.41. The molecule has 0 radical (unpaired) electrons. The summed E-state index contributed by atoms with van der Waals surface area (Å²) in [5.41, 5.74) is 10.6. The number of amides is 1. The number of benzene rings is 1. The van der Waals surface area contributed by atoms with Crippen molar-refractivity contribution in [3.8, 4) is 22.1 Å². The van der Waals surface area contributed by atoms with Gasteiger partial charge in [-0.25, -0.2) is 4.98 Å². The Morgan fingerprint density at radius 2 is 2.00 bits per heavy atom. The lowest BCUT2D eigenvalue weighted by Crippen LogP contribution is -2.13. The maximum absolute atomic E-state index is 11.9. The van der Waals surface area contributed by atoms with Crippen LogP contribution < -0.4 is 5.73 Å². The van der Waals surface area contributed by atoms with Crippen molar-refractivity contribution < 1.29 is 4.79 Å². The first-order chi connectivity index (χ1) is 13.6. The second-order valence-corrected chi connectivity index (χ2v) is 7.27. The third-order valence-corrected chi connectivity index (χ3v) is 5.51. The molecule has 0 aliphatic heterocycles. The van der Waals surface area contributed by atoms with Crippen LogP contribution in [0.2, 0.25) is 0 Å². The van der Waals surface area contributed by atoms with Crippen LogP contribution in [-0.4, -0.2) is 25.4 Å². The summed E-state index contributed by atoms with van der Waals surface area (Å²) < 4.78 is 2.11. The number of hydrogen-bond acceptors (Lipinski definition) is 5. The minimum atomic E-state index is -0.429. The number of carbonyl (C=O) groups excluding carboxylic acids is 1. The van der Waals surface area contributed by atoms with E-state index in [9.17, 15) is 4.79 Å². The molecule has 0 spiro atoms. The van der Waals surface area contributed by atoms with E-state index in [0.717, 1.165) is 40.7 Å². The number of primary amides is 1. The van der Waals surface area contributed by atoms with Crippen molar-refractivity contribution in [1.29, 1.82) is 0 Å². The largest absolute Gasteiger partial charge is 0.366 e. The number of aryl methyl sites for hydroxylation is 1. The molecule has 3 heterocycles. The molecule has 1 amide bonds. The summed E-state index contributed by atoms with van der Waals surface area (Å²) in [6.45, 7) is 2.65. The van der Waals surface area contributed by atoms with Gasteiger partial charge in [-0.05, 0) is 25.0 Å². The van der Waals surface area contributed by atoms with Crippen molar-refractivity contribution in [3.05, 3.63) is 77.2 Å². The Kier molecular flexibility index (Phi) is 4.99. The van der Waals surface area contributed by atoms with E-state index in [1.54, 1.807) is 18.6 Å². The third-order valence-electron chi connectivity index (χ3n) is 4.65. The van der Waals surface area contributed by atoms with Crippen LogP contribution in [-0.2, 0) is 13.0 Å². The third kappa shape index (κ3) is 3.57. The van der Waals surface area contributed by atoms with Crippen LogP contribution in [0.3, 0.4) is 0 Å². The summed E-state index contributed by atoms with van der Waals surface area (Å²) >= 11 is 1.50. The van der Waals surface area contributed by atoms with E-state index in [1.165, 1.54) is 16.9 Å². The van der Waals surface area contributed by atoms with E-state index in [1.807, 2.05) is 36.6 Å². The van der Waals surface area contributed by atoms with Gasteiger partial charge in [-0.1, -0.05) is 30.3 Å². The quantitative estimate of drug-likeness (QED) is 0.544. The highest BCUT2D eigenvalue weighted by Crippen LogP contribution is 2.30. The lowest BCUT2D eigenvalue weighted by atomic mass is 10.1. The first kappa shape index (κ1) is 18.1. The van der Waals surface area contributed by atoms with Gasteiger partial charge < -0.3 is 10.3 Å². The van der Waals surface area contributed by atoms with Crippen molar-refractivity contribution in [1.82, 2.24) is 19.5 Å². The van der Waals surface area contributed by atoms with E-state index in [4.69, 9.17) is 10.7 Å². The molecule has 4 aromatic rings. The summed E-state index contributed by atoms with van der Waals surface area (Å²) in [4.78, 5) is 25.0. The molecule has 0 fully saturated rings. The van der Waals surface area contributed by atoms with Gasteiger partial charge in [0.2, 0.25) is 0 Å². The first-order valence-corrected chi connectivity index (χ1v) is 9.77. The van der Waals surface area contributed by atoms with E-state index >= 15 is 0 Å². The van der Waals surface area contributed by atoms with Crippen LogP contribution in [0.1, 0.15) is 21.6 Å². The maximum atomic E-state index is 11.9. The zero-order valence-electron chi connectivity index (χ0n) is 15.4. The molecule has 0 aliphatic rings. The average Bonchev–Trinajstić information content (AvgIpc) is 3.33. The molecule has 7 heteroatoms. The summed E-state index contributed by atoms with van der Waals surface area (Å²) in [7, 11) is 0. The Hall–Kier alpha value is -3.32. The lowest BCUT2D eigenvalue weighted by Gasteiger charge is -2.11. The molecule has 140 valence electrons. The molecule has 0 atom stereocenters. The molecule has 2 N–H and O–H groups in total. The monoisotopic (exact) mass is 389 g/mol. The van der Waals surface area contributed by atoms with Crippen molar-refractivity contribution in [2.75, 3.05) is 0 Å². The fourth-order valence-electron chi connectivity index (χ4n) is 3.20. The van der Waals surface area contributed by atoms with Crippen LogP contribution in [0.15, 0.2) is 60.4 Å². The first-order valence-electron chi connectivity index (χ1n) is 8.89. The average molecular weight is 389 g/mol. The molecular weight excluding hydrogens is 370 g/mol. The fraction of sp³-hybridized carbons (Fsp3) is 0.143. The van der Waals surface area contributed by atoms with Crippen molar-refractivity contribution in [3.63, 3.8) is 0 Å². The molecule has 0 unspecified atom stereocenters. The Bertz CT molecular complexity index is 1100. The van der Waals surface area contributed by atoms with Gasteiger partial charge >= 0.3 is 0 Å². The topological polar surface area (TPSA) is 86.7 Å². The van der Waals surface area contributed by atoms with Crippen molar-refractivity contribution in [2.24, 2.45) is 5.73 Å². The predicted octanol–water partition coefficient (Wildman–Crippen LogP) is 3.72. The van der Waals surface area contributed by atoms with E-state index in [-0.39, 0.29) is 0 Å². The van der Waals surface area contributed by atoms with Crippen LogP contribution in [0.5, 0.6) is 0 Å². The highest BCUT2D eigenvalue weighted by Gasteiger charge is 2.19.